The smallest absolute Gasteiger partial charge is 0.125 e. The zero-order chi connectivity index (χ0) is 7.40. The van der Waals surface area contributed by atoms with Gasteiger partial charge in [-0.3, -0.25) is 0 Å². The summed E-state index contributed by atoms with van der Waals surface area (Å²) in [6.07, 6.45) is 1.25. The molecule has 0 bridgehead atoms. The zero-order valence-corrected chi connectivity index (χ0v) is 5.17. The molecule has 0 saturated heterocycles. The van der Waals surface area contributed by atoms with E-state index in [1.165, 1.54) is 30.3 Å². The molecule has 0 atom stereocenters. The maximum absolute atomic E-state index is 12.2. The molecule has 0 aliphatic carbocycles. The predicted octanol–water partition coefficient (Wildman–Crippen LogP) is 1.67. The highest BCUT2D eigenvalue weighted by atomic mass is 19.1. The van der Waals surface area contributed by atoms with Crippen molar-refractivity contribution >= 4 is 12.0 Å². The van der Waals surface area contributed by atoms with Crippen molar-refractivity contribution < 1.29 is 9.18 Å². The normalized spacial score (nSPS) is 8.50. The molecule has 0 aliphatic rings. The Bertz CT molecular complexity index is 257. The third kappa shape index (κ3) is 1.54. The molecule has 0 amide bonds. The van der Waals surface area contributed by atoms with E-state index in [-0.39, 0.29) is 5.82 Å². The molecule has 0 aromatic heterocycles. The maximum Gasteiger partial charge on any atom is 0.125 e. The first-order valence-corrected chi connectivity index (χ1v) is 2.79. The molecular weight excluding hydrogens is 131 g/mol. The van der Waals surface area contributed by atoms with Crippen molar-refractivity contribution in [2.45, 2.75) is 0 Å². The predicted molar refractivity (Wildman–Crippen MR) is 36.6 cm³/mol. The molecule has 10 heavy (non-hydrogen) atoms. The van der Waals surface area contributed by atoms with Crippen molar-refractivity contribution in [1.29, 1.82) is 0 Å². The Morgan fingerprint density at radius 2 is 1.90 bits per heavy atom. The molecule has 0 fully saturated rings. The monoisotopic (exact) mass is 136 g/mol. The van der Waals surface area contributed by atoms with Crippen LogP contribution in [0.3, 0.4) is 0 Å². The molecule has 0 N–H and O–H groups in total. The number of hydrogen-bond donors (Lipinski definition) is 0. The lowest BCUT2D eigenvalue weighted by molar-refractivity contribution is 0.570. The van der Waals surface area contributed by atoms with Gasteiger partial charge in [0.2, 0.25) is 0 Å². The second-order valence-electron chi connectivity index (χ2n) is 1.81. The van der Waals surface area contributed by atoms with Crippen molar-refractivity contribution in [2.24, 2.45) is 0 Å². The SMILES string of the molecule is O=C=Cc1ccc(F)cc1. The average Bonchev–Trinajstić information content (AvgIpc) is 1.95. The van der Waals surface area contributed by atoms with Crippen LogP contribution in [-0.4, -0.2) is 5.94 Å². The summed E-state index contributed by atoms with van der Waals surface area (Å²) in [5.41, 5.74) is 0.663. The summed E-state index contributed by atoms with van der Waals surface area (Å²) >= 11 is 0. The molecule has 1 aromatic carbocycles. The van der Waals surface area contributed by atoms with Crippen LogP contribution in [0.25, 0.3) is 6.08 Å². The van der Waals surface area contributed by atoms with E-state index in [0.717, 1.165) is 0 Å². The van der Waals surface area contributed by atoms with E-state index in [1.807, 2.05) is 0 Å². The highest BCUT2D eigenvalue weighted by Gasteiger charge is 1.87. The largest absolute Gasteiger partial charge is 0.233 e. The highest BCUT2D eigenvalue weighted by Crippen LogP contribution is 2.02. The van der Waals surface area contributed by atoms with Crippen LogP contribution in [0.2, 0.25) is 0 Å². The lowest BCUT2D eigenvalue weighted by Crippen LogP contribution is -1.73. The Morgan fingerprint density at radius 1 is 1.30 bits per heavy atom. The van der Waals surface area contributed by atoms with Crippen LogP contribution in [0, 0.1) is 5.82 Å². The molecular formula is C8H5FO. The standard InChI is InChI=1S/C8H5FO/c9-8-3-1-7(2-4-8)5-6-10/h1-5H. The fourth-order valence-corrected chi connectivity index (χ4v) is 0.627. The molecule has 2 heteroatoms. The molecule has 0 aliphatic heterocycles. The molecule has 50 valence electrons. The Labute approximate surface area is 57.8 Å². The number of benzene rings is 1. The molecule has 0 heterocycles. The number of halogens is 1. The molecule has 0 radical (unpaired) electrons. The van der Waals surface area contributed by atoms with Gasteiger partial charge < -0.3 is 0 Å². The third-order valence-corrected chi connectivity index (χ3v) is 1.10. The van der Waals surface area contributed by atoms with Crippen molar-refractivity contribution in [1.82, 2.24) is 0 Å². The van der Waals surface area contributed by atoms with E-state index in [9.17, 15) is 9.18 Å². The van der Waals surface area contributed by atoms with Crippen LogP contribution >= 0.6 is 0 Å². The number of rotatable bonds is 1. The van der Waals surface area contributed by atoms with Crippen LogP contribution in [0.15, 0.2) is 24.3 Å². The summed E-state index contributed by atoms with van der Waals surface area (Å²) in [6, 6.07) is 5.62. The van der Waals surface area contributed by atoms with Gasteiger partial charge in [-0.1, -0.05) is 12.1 Å². The van der Waals surface area contributed by atoms with Crippen LogP contribution in [0.5, 0.6) is 0 Å². The Kier molecular flexibility index (Phi) is 1.98. The Morgan fingerprint density at radius 3 is 2.40 bits per heavy atom. The molecule has 0 unspecified atom stereocenters. The van der Waals surface area contributed by atoms with Gasteiger partial charge in [-0.25, -0.2) is 9.18 Å². The van der Waals surface area contributed by atoms with Gasteiger partial charge in [-0.2, -0.15) is 0 Å². The van der Waals surface area contributed by atoms with Gasteiger partial charge in [0.15, 0.2) is 0 Å². The van der Waals surface area contributed by atoms with Crippen molar-refractivity contribution in [3.8, 4) is 0 Å². The topological polar surface area (TPSA) is 17.1 Å². The Balaban J connectivity index is 3.00. The highest BCUT2D eigenvalue weighted by molar-refractivity contribution is 5.74. The minimum Gasteiger partial charge on any atom is -0.233 e. The first-order valence-electron chi connectivity index (χ1n) is 2.79. The van der Waals surface area contributed by atoms with E-state index in [1.54, 1.807) is 5.94 Å². The van der Waals surface area contributed by atoms with Gasteiger partial charge in [0.05, 0.1) is 0 Å². The third-order valence-electron chi connectivity index (χ3n) is 1.10. The fraction of sp³-hybridized carbons (Fsp3) is 0. The van der Waals surface area contributed by atoms with Crippen molar-refractivity contribution in [3.05, 3.63) is 35.6 Å². The van der Waals surface area contributed by atoms with Gasteiger partial charge in [0.25, 0.3) is 0 Å². The molecule has 1 rings (SSSR count). The van der Waals surface area contributed by atoms with Gasteiger partial charge in [0, 0.05) is 6.08 Å². The van der Waals surface area contributed by atoms with Crippen LogP contribution in [-0.2, 0) is 4.79 Å². The summed E-state index contributed by atoms with van der Waals surface area (Å²) in [5, 5.41) is 0. The summed E-state index contributed by atoms with van der Waals surface area (Å²) in [7, 11) is 0. The number of carbonyl (C=O) groups excluding carboxylic acids is 1. The maximum atomic E-state index is 12.2. The first-order chi connectivity index (χ1) is 4.83. The molecule has 0 saturated carbocycles. The Hall–Kier alpha value is -1.40. The fourth-order valence-electron chi connectivity index (χ4n) is 0.627. The molecule has 1 aromatic rings. The minimum absolute atomic E-state index is 0.303. The van der Waals surface area contributed by atoms with Crippen LogP contribution < -0.4 is 0 Å². The zero-order valence-electron chi connectivity index (χ0n) is 5.17. The average molecular weight is 136 g/mol. The van der Waals surface area contributed by atoms with Crippen LogP contribution in [0.1, 0.15) is 5.56 Å². The lowest BCUT2D eigenvalue weighted by Gasteiger charge is -1.87. The van der Waals surface area contributed by atoms with E-state index >= 15 is 0 Å². The van der Waals surface area contributed by atoms with Crippen molar-refractivity contribution in [3.63, 3.8) is 0 Å². The lowest BCUT2D eigenvalue weighted by atomic mass is 10.2. The quantitative estimate of drug-likeness (QED) is 0.536. The number of hydrogen-bond acceptors (Lipinski definition) is 1. The molecule has 1 nitrogen and oxygen atoms in total. The summed E-state index contributed by atoms with van der Waals surface area (Å²) in [6.45, 7) is 0. The van der Waals surface area contributed by atoms with E-state index in [0.29, 0.717) is 5.56 Å². The van der Waals surface area contributed by atoms with Gasteiger partial charge in [-0.05, 0) is 17.7 Å². The summed E-state index contributed by atoms with van der Waals surface area (Å²) < 4.78 is 12.2. The molecule has 0 spiro atoms. The van der Waals surface area contributed by atoms with Crippen LogP contribution in [0.4, 0.5) is 4.39 Å². The first kappa shape index (κ1) is 6.72. The minimum atomic E-state index is -0.303. The second-order valence-corrected chi connectivity index (χ2v) is 1.81. The van der Waals surface area contributed by atoms with Gasteiger partial charge in [0.1, 0.15) is 11.8 Å². The van der Waals surface area contributed by atoms with Gasteiger partial charge in [-0.15, -0.1) is 0 Å². The van der Waals surface area contributed by atoms with E-state index < -0.39 is 0 Å². The van der Waals surface area contributed by atoms with Crippen molar-refractivity contribution in [2.75, 3.05) is 0 Å². The summed E-state index contributed by atoms with van der Waals surface area (Å²) in [5.74, 6) is 1.30. The summed E-state index contributed by atoms with van der Waals surface area (Å²) in [4.78, 5) is 9.78. The van der Waals surface area contributed by atoms with E-state index in [2.05, 4.69) is 0 Å². The van der Waals surface area contributed by atoms with Gasteiger partial charge >= 0.3 is 0 Å². The second kappa shape index (κ2) is 2.95. The van der Waals surface area contributed by atoms with E-state index in [4.69, 9.17) is 0 Å².